The first-order valence-electron chi connectivity index (χ1n) is 9.18. The molecular weight excluding hydrogens is 392 g/mol. The zero-order valence-electron chi connectivity index (χ0n) is 16.3. The van der Waals surface area contributed by atoms with Crippen molar-refractivity contribution in [3.63, 3.8) is 0 Å². The summed E-state index contributed by atoms with van der Waals surface area (Å²) in [4.78, 5) is 15.8. The summed E-state index contributed by atoms with van der Waals surface area (Å²) in [5, 5.41) is 6.68. The van der Waals surface area contributed by atoms with E-state index in [4.69, 9.17) is 4.74 Å². The van der Waals surface area contributed by atoms with Gasteiger partial charge in [0, 0.05) is 19.5 Å². The minimum absolute atomic E-state index is 0.0481. The molecule has 1 aliphatic rings. The van der Waals surface area contributed by atoms with Gasteiger partial charge >= 0.3 is 12.3 Å². The molecule has 1 aliphatic heterocycles. The van der Waals surface area contributed by atoms with Gasteiger partial charge in [-0.15, -0.1) is 0 Å². The molecule has 0 spiro atoms. The molecule has 10 heteroatoms. The Hall–Kier alpha value is -2.65. The molecule has 2 aromatic rings. The van der Waals surface area contributed by atoms with Crippen molar-refractivity contribution in [1.82, 2.24) is 20.1 Å². The summed E-state index contributed by atoms with van der Waals surface area (Å²) >= 11 is 0. The number of rotatable bonds is 3. The lowest BCUT2D eigenvalue weighted by atomic mass is 9.98. The standard InChI is InChI=1S/C19H22F4N4O2/c1-18(2,3)29-17(28)24-10-11-4-5-13(14(20)8-11)16-25-15-9-12(19(21,22)23)6-7-27(15)26-16/h4-5,8,12H,6-7,9-10H2,1-3H3,(H,24,28). The first kappa shape index (κ1) is 21.1. The van der Waals surface area contributed by atoms with Gasteiger partial charge in [0.15, 0.2) is 5.82 Å². The number of alkyl carbamates (subject to hydrolysis) is 1. The lowest BCUT2D eigenvalue weighted by Gasteiger charge is -2.24. The van der Waals surface area contributed by atoms with Crippen molar-refractivity contribution in [2.75, 3.05) is 0 Å². The van der Waals surface area contributed by atoms with Crippen LogP contribution in [0.1, 0.15) is 38.6 Å². The number of amides is 1. The molecule has 1 aromatic carbocycles. The van der Waals surface area contributed by atoms with E-state index in [-0.39, 0.29) is 43.1 Å². The number of hydrogen-bond donors (Lipinski definition) is 1. The molecular formula is C19H22F4N4O2. The van der Waals surface area contributed by atoms with Gasteiger partial charge in [0.1, 0.15) is 17.2 Å². The Morgan fingerprint density at radius 3 is 2.66 bits per heavy atom. The normalized spacial score (nSPS) is 17.0. The Morgan fingerprint density at radius 1 is 1.31 bits per heavy atom. The molecule has 1 amide bonds. The molecule has 0 radical (unpaired) electrons. The second-order valence-electron chi connectivity index (χ2n) is 7.98. The van der Waals surface area contributed by atoms with Crippen molar-refractivity contribution < 1.29 is 27.1 Å². The van der Waals surface area contributed by atoms with Crippen LogP contribution in [-0.4, -0.2) is 32.6 Å². The van der Waals surface area contributed by atoms with Crippen LogP contribution in [0.4, 0.5) is 22.4 Å². The fourth-order valence-corrected chi connectivity index (χ4v) is 3.04. The molecule has 158 valence electrons. The highest BCUT2D eigenvalue weighted by atomic mass is 19.4. The zero-order valence-corrected chi connectivity index (χ0v) is 16.3. The van der Waals surface area contributed by atoms with E-state index in [1.807, 2.05) is 0 Å². The Morgan fingerprint density at radius 2 is 2.03 bits per heavy atom. The molecule has 29 heavy (non-hydrogen) atoms. The van der Waals surface area contributed by atoms with Crippen LogP contribution in [0, 0.1) is 11.7 Å². The van der Waals surface area contributed by atoms with Gasteiger partial charge in [0.25, 0.3) is 0 Å². The van der Waals surface area contributed by atoms with E-state index in [0.717, 1.165) is 0 Å². The van der Waals surface area contributed by atoms with E-state index in [0.29, 0.717) is 5.56 Å². The SMILES string of the molecule is CC(C)(C)OC(=O)NCc1ccc(-c2nc3n(n2)CCC(C(F)(F)F)C3)c(F)c1. The number of aryl methyl sites for hydroxylation is 1. The number of benzene rings is 1. The molecule has 1 unspecified atom stereocenters. The van der Waals surface area contributed by atoms with E-state index in [1.165, 1.54) is 16.8 Å². The second kappa shape index (κ2) is 7.64. The molecule has 0 saturated heterocycles. The van der Waals surface area contributed by atoms with Crippen LogP contribution in [0.25, 0.3) is 11.4 Å². The molecule has 0 saturated carbocycles. The van der Waals surface area contributed by atoms with Crippen LogP contribution in [0.2, 0.25) is 0 Å². The van der Waals surface area contributed by atoms with Gasteiger partial charge in [0.05, 0.1) is 11.5 Å². The van der Waals surface area contributed by atoms with Crippen molar-refractivity contribution in [2.45, 2.75) is 58.5 Å². The predicted molar refractivity (Wildman–Crippen MR) is 96.4 cm³/mol. The van der Waals surface area contributed by atoms with Gasteiger partial charge in [-0.3, -0.25) is 0 Å². The number of alkyl halides is 3. The van der Waals surface area contributed by atoms with E-state index in [9.17, 15) is 22.4 Å². The number of hydrogen-bond acceptors (Lipinski definition) is 4. The van der Waals surface area contributed by atoms with Crippen LogP contribution < -0.4 is 5.32 Å². The average Bonchev–Trinajstić information content (AvgIpc) is 3.00. The Bertz CT molecular complexity index is 903. The van der Waals surface area contributed by atoms with E-state index < -0.39 is 29.6 Å². The van der Waals surface area contributed by atoms with Gasteiger partial charge < -0.3 is 10.1 Å². The molecule has 6 nitrogen and oxygen atoms in total. The van der Waals surface area contributed by atoms with Crippen molar-refractivity contribution in [3.8, 4) is 11.4 Å². The zero-order chi connectivity index (χ0) is 21.4. The number of nitrogens with zero attached hydrogens (tertiary/aromatic N) is 3. The maximum Gasteiger partial charge on any atom is 0.407 e. The highest BCUT2D eigenvalue weighted by Crippen LogP contribution is 2.35. The second-order valence-corrected chi connectivity index (χ2v) is 7.98. The third kappa shape index (κ3) is 5.24. The summed E-state index contributed by atoms with van der Waals surface area (Å²) in [5.74, 6) is -1.84. The number of aromatic nitrogens is 3. The molecule has 1 N–H and O–H groups in total. The maximum absolute atomic E-state index is 14.5. The number of carbonyl (C=O) groups excluding carboxylic acids is 1. The van der Waals surface area contributed by atoms with Crippen LogP contribution >= 0.6 is 0 Å². The van der Waals surface area contributed by atoms with Crippen LogP contribution in [0.3, 0.4) is 0 Å². The molecule has 2 heterocycles. The molecule has 0 fully saturated rings. The monoisotopic (exact) mass is 414 g/mol. The van der Waals surface area contributed by atoms with Gasteiger partial charge in [-0.05, 0) is 44.9 Å². The first-order valence-corrected chi connectivity index (χ1v) is 9.18. The van der Waals surface area contributed by atoms with Crippen LogP contribution in [0.5, 0.6) is 0 Å². The van der Waals surface area contributed by atoms with E-state index >= 15 is 0 Å². The summed E-state index contributed by atoms with van der Waals surface area (Å²) in [6.45, 7) is 5.35. The number of nitrogens with one attached hydrogen (secondary N) is 1. The van der Waals surface area contributed by atoms with Gasteiger partial charge in [-0.25, -0.2) is 18.9 Å². The average molecular weight is 414 g/mol. The minimum Gasteiger partial charge on any atom is -0.444 e. The fourth-order valence-electron chi connectivity index (χ4n) is 3.04. The summed E-state index contributed by atoms with van der Waals surface area (Å²) in [5.41, 5.74) is -0.0503. The topological polar surface area (TPSA) is 69.0 Å². The Kier molecular flexibility index (Phi) is 5.55. The fraction of sp³-hybridized carbons (Fsp3) is 0.526. The van der Waals surface area contributed by atoms with E-state index in [1.54, 1.807) is 26.8 Å². The smallest absolute Gasteiger partial charge is 0.407 e. The van der Waals surface area contributed by atoms with Crippen molar-refractivity contribution in [1.29, 1.82) is 0 Å². The summed E-state index contributed by atoms with van der Waals surface area (Å²) in [7, 11) is 0. The van der Waals surface area contributed by atoms with Crippen molar-refractivity contribution in [2.24, 2.45) is 5.92 Å². The van der Waals surface area contributed by atoms with Gasteiger partial charge in [0.2, 0.25) is 0 Å². The third-order valence-corrected chi connectivity index (χ3v) is 4.44. The van der Waals surface area contributed by atoms with Gasteiger partial charge in [-0.1, -0.05) is 6.07 Å². The summed E-state index contributed by atoms with van der Waals surface area (Å²) < 4.78 is 59.9. The summed E-state index contributed by atoms with van der Waals surface area (Å²) in [6, 6.07) is 4.27. The lowest BCUT2D eigenvalue weighted by Crippen LogP contribution is -2.32. The molecule has 1 atom stereocenters. The lowest BCUT2D eigenvalue weighted by molar-refractivity contribution is -0.179. The van der Waals surface area contributed by atoms with Crippen molar-refractivity contribution >= 4 is 6.09 Å². The highest BCUT2D eigenvalue weighted by molar-refractivity contribution is 5.67. The highest BCUT2D eigenvalue weighted by Gasteiger charge is 2.42. The third-order valence-electron chi connectivity index (χ3n) is 4.44. The molecule has 3 rings (SSSR count). The molecule has 1 aromatic heterocycles. The first-order chi connectivity index (χ1) is 13.4. The minimum atomic E-state index is -4.29. The van der Waals surface area contributed by atoms with Crippen LogP contribution in [0.15, 0.2) is 18.2 Å². The van der Waals surface area contributed by atoms with E-state index in [2.05, 4.69) is 15.4 Å². The predicted octanol–water partition coefficient (Wildman–Crippen LogP) is 4.23. The Labute approximate surface area is 165 Å². The van der Waals surface area contributed by atoms with Crippen molar-refractivity contribution in [3.05, 3.63) is 35.4 Å². The molecule has 0 bridgehead atoms. The largest absolute Gasteiger partial charge is 0.444 e. The number of ether oxygens (including phenoxy) is 1. The Balaban J connectivity index is 1.70. The number of halogens is 4. The molecule has 0 aliphatic carbocycles. The quantitative estimate of drug-likeness (QED) is 0.763. The summed E-state index contributed by atoms with van der Waals surface area (Å²) in [6.07, 6.45) is -5.25. The number of fused-ring (bicyclic) bond motifs is 1. The maximum atomic E-state index is 14.5. The van der Waals surface area contributed by atoms with Gasteiger partial charge in [-0.2, -0.15) is 18.3 Å². The van der Waals surface area contributed by atoms with Crippen LogP contribution in [-0.2, 0) is 24.2 Å². The number of carbonyl (C=O) groups is 1.